The van der Waals surface area contributed by atoms with Crippen molar-refractivity contribution >= 4 is 12.1 Å². The molecule has 2 atom stereocenters. The molecule has 1 unspecified atom stereocenters. The molecule has 0 aliphatic heterocycles. The van der Waals surface area contributed by atoms with Crippen LogP contribution in [0.25, 0.3) is 0 Å². The lowest BCUT2D eigenvalue weighted by molar-refractivity contribution is -0.141. The number of carboxylic acid groups (broad SMARTS) is 1. The first-order chi connectivity index (χ1) is 5.49. The third-order valence-corrected chi connectivity index (χ3v) is 1.21. The minimum atomic E-state index is -1.34. The molecule has 0 aromatic rings. The van der Waals surface area contributed by atoms with Crippen LogP contribution in [0.3, 0.4) is 0 Å². The van der Waals surface area contributed by atoms with E-state index in [-0.39, 0.29) is 0 Å². The van der Waals surface area contributed by atoms with Crippen molar-refractivity contribution in [3.63, 3.8) is 0 Å². The number of carboxylic acids is 1. The number of carbonyl (C=O) groups is 2. The van der Waals surface area contributed by atoms with Crippen LogP contribution in [0, 0.1) is 0 Å². The molecule has 1 amide bonds. The predicted octanol–water partition coefficient (Wildman–Crippen LogP) is -0.824. The Morgan fingerprint density at radius 2 is 2.00 bits per heavy atom. The van der Waals surface area contributed by atoms with Gasteiger partial charge >= 0.3 is 12.1 Å². The topological polar surface area (TPSA) is 95.9 Å². The van der Waals surface area contributed by atoms with E-state index in [2.05, 4.69) is 4.74 Å². The summed E-state index contributed by atoms with van der Waals surface area (Å²) in [6.07, 6.45) is -2.05. The van der Waals surface area contributed by atoms with E-state index in [9.17, 15) is 9.59 Å². The fourth-order valence-corrected chi connectivity index (χ4v) is 0.575. The van der Waals surface area contributed by atoms with E-state index in [0.717, 1.165) is 7.11 Å². The molecule has 0 bridgehead atoms. The molecule has 0 aromatic heterocycles. The molecule has 0 aliphatic rings. The fraction of sp³-hybridized carbons (Fsp3) is 0.667. The second kappa shape index (κ2) is 4.55. The smallest absolute Gasteiger partial charge is 0.407 e. The number of rotatable bonds is 3. The summed E-state index contributed by atoms with van der Waals surface area (Å²) >= 11 is 0. The molecule has 0 spiro atoms. The number of methoxy groups -OCH3 is 1. The molecule has 6 nitrogen and oxygen atoms in total. The molecule has 70 valence electrons. The van der Waals surface area contributed by atoms with Crippen molar-refractivity contribution in [1.82, 2.24) is 5.32 Å². The van der Waals surface area contributed by atoms with Crippen LogP contribution in [-0.2, 0) is 9.53 Å². The van der Waals surface area contributed by atoms with Crippen molar-refractivity contribution in [1.29, 1.82) is 0 Å². The number of nitrogens with one attached hydrogen (secondary N) is 1. The first-order valence-electron chi connectivity index (χ1n) is 3.24. The van der Waals surface area contributed by atoms with Crippen LogP contribution in [0.5, 0.6) is 0 Å². The van der Waals surface area contributed by atoms with Gasteiger partial charge in [0.05, 0.1) is 13.2 Å². The molecule has 0 fully saturated rings. The van der Waals surface area contributed by atoms with Crippen molar-refractivity contribution in [2.75, 3.05) is 7.11 Å². The Bertz CT molecular complexity index is 179. The lowest BCUT2D eigenvalue weighted by Gasteiger charge is -2.15. The third-order valence-electron chi connectivity index (χ3n) is 1.21. The Hall–Kier alpha value is -1.30. The first-order valence-corrected chi connectivity index (χ1v) is 3.24. The van der Waals surface area contributed by atoms with Crippen LogP contribution in [-0.4, -0.2) is 41.5 Å². The summed E-state index contributed by atoms with van der Waals surface area (Å²) in [6.45, 7) is 1.26. The van der Waals surface area contributed by atoms with Crippen LogP contribution in [0.15, 0.2) is 0 Å². The first kappa shape index (κ1) is 10.7. The van der Waals surface area contributed by atoms with Gasteiger partial charge in [0.1, 0.15) is 0 Å². The SMILES string of the molecule is COC(=O)NC(C(=O)O)[C@H](C)O. The largest absolute Gasteiger partial charge is 0.480 e. The number of carbonyl (C=O) groups excluding carboxylic acids is 1. The Balaban J connectivity index is 4.14. The average Bonchev–Trinajstić information content (AvgIpc) is 1.98. The minimum absolute atomic E-state index is 0.886. The second-order valence-corrected chi connectivity index (χ2v) is 2.19. The molecule has 0 rings (SSSR count). The van der Waals surface area contributed by atoms with Gasteiger partial charge in [0.15, 0.2) is 6.04 Å². The van der Waals surface area contributed by atoms with Crippen LogP contribution in [0.4, 0.5) is 4.79 Å². The highest BCUT2D eigenvalue weighted by molar-refractivity contribution is 5.80. The summed E-state index contributed by atoms with van der Waals surface area (Å²) in [4.78, 5) is 20.9. The van der Waals surface area contributed by atoms with E-state index >= 15 is 0 Å². The maximum absolute atomic E-state index is 10.5. The minimum Gasteiger partial charge on any atom is -0.480 e. The summed E-state index contributed by atoms with van der Waals surface area (Å²) in [5.41, 5.74) is 0. The zero-order chi connectivity index (χ0) is 9.72. The highest BCUT2D eigenvalue weighted by atomic mass is 16.5. The summed E-state index contributed by atoms with van der Waals surface area (Å²) in [5.74, 6) is -1.31. The third kappa shape index (κ3) is 3.20. The summed E-state index contributed by atoms with van der Waals surface area (Å²) in [6, 6.07) is -1.34. The molecule has 0 aromatic carbocycles. The number of aliphatic carboxylic acids is 1. The van der Waals surface area contributed by atoms with Crippen LogP contribution in [0.2, 0.25) is 0 Å². The highest BCUT2D eigenvalue weighted by Crippen LogP contribution is 1.93. The normalized spacial score (nSPS) is 14.6. The number of alkyl carbamates (subject to hydrolysis) is 1. The molecule has 12 heavy (non-hydrogen) atoms. The Labute approximate surface area is 69.1 Å². The van der Waals surface area contributed by atoms with Crippen LogP contribution >= 0.6 is 0 Å². The van der Waals surface area contributed by atoms with E-state index in [4.69, 9.17) is 10.2 Å². The summed E-state index contributed by atoms with van der Waals surface area (Å²) in [5, 5.41) is 19.3. The number of ether oxygens (including phenoxy) is 1. The van der Waals surface area contributed by atoms with Gasteiger partial charge in [0, 0.05) is 0 Å². The van der Waals surface area contributed by atoms with Gasteiger partial charge < -0.3 is 20.3 Å². The summed E-state index contributed by atoms with van der Waals surface area (Å²) in [7, 11) is 1.11. The number of amides is 1. The number of hydrogen-bond acceptors (Lipinski definition) is 4. The average molecular weight is 177 g/mol. The molecule has 6 heteroatoms. The Kier molecular flexibility index (Phi) is 4.06. The molecule has 0 aliphatic carbocycles. The van der Waals surface area contributed by atoms with Crippen molar-refractivity contribution in [3.05, 3.63) is 0 Å². The second-order valence-electron chi connectivity index (χ2n) is 2.19. The van der Waals surface area contributed by atoms with Crippen molar-refractivity contribution in [2.24, 2.45) is 0 Å². The number of aliphatic hydroxyl groups excluding tert-OH is 1. The predicted molar refractivity (Wildman–Crippen MR) is 38.6 cm³/mol. The van der Waals surface area contributed by atoms with E-state index < -0.39 is 24.2 Å². The number of hydrogen-bond donors (Lipinski definition) is 3. The standard InChI is InChI=1S/C6H11NO5/c1-3(8)4(5(9)10)7-6(11)12-2/h3-4,8H,1-2H3,(H,7,11)(H,9,10)/t3-,4?/m0/s1. The molecule has 0 saturated heterocycles. The van der Waals surface area contributed by atoms with Crippen molar-refractivity contribution in [2.45, 2.75) is 19.1 Å². The van der Waals surface area contributed by atoms with Gasteiger partial charge in [-0.1, -0.05) is 0 Å². The van der Waals surface area contributed by atoms with E-state index in [0.29, 0.717) is 0 Å². The molecular formula is C6H11NO5. The maximum atomic E-state index is 10.5. The van der Waals surface area contributed by atoms with Crippen molar-refractivity contribution < 1.29 is 24.5 Å². The van der Waals surface area contributed by atoms with Gasteiger partial charge in [-0.15, -0.1) is 0 Å². The van der Waals surface area contributed by atoms with Gasteiger partial charge in [-0.25, -0.2) is 9.59 Å². The fourth-order valence-electron chi connectivity index (χ4n) is 0.575. The van der Waals surface area contributed by atoms with E-state index in [1.807, 2.05) is 5.32 Å². The quantitative estimate of drug-likeness (QED) is 0.523. The molecular weight excluding hydrogens is 166 g/mol. The zero-order valence-electron chi connectivity index (χ0n) is 6.77. The zero-order valence-corrected chi connectivity index (χ0v) is 6.77. The highest BCUT2D eigenvalue weighted by Gasteiger charge is 2.24. The Morgan fingerprint density at radius 1 is 1.50 bits per heavy atom. The van der Waals surface area contributed by atoms with Crippen LogP contribution in [0.1, 0.15) is 6.92 Å². The van der Waals surface area contributed by atoms with Crippen LogP contribution < -0.4 is 5.32 Å². The molecule has 0 saturated carbocycles. The number of aliphatic hydroxyl groups is 1. The lowest BCUT2D eigenvalue weighted by atomic mass is 10.2. The van der Waals surface area contributed by atoms with E-state index in [1.54, 1.807) is 0 Å². The molecule has 0 heterocycles. The van der Waals surface area contributed by atoms with Gasteiger partial charge in [-0.05, 0) is 6.92 Å². The molecule has 0 radical (unpaired) electrons. The van der Waals surface area contributed by atoms with Gasteiger partial charge in [0.25, 0.3) is 0 Å². The summed E-state index contributed by atoms with van der Waals surface area (Å²) < 4.78 is 4.16. The van der Waals surface area contributed by atoms with Gasteiger partial charge in [0.2, 0.25) is 0 Å². The van der Waals surface area contributed by atoms with Gasteiger partial charge in [-0.2, -0.15) is 0 Å². The van der Waals surface area contributed by atoms with Gasteiger partial charge in [-0.3, -0.25) is 0 Å². The van der Waals surface area contributed by atoms with Crippen molar-refractivity contribution in [3.8, 4) is 0 Å². The maximum Gasteiger partial charge on any atom is 0.407 e. The monoisotopic (exact) mass is 177 g/mol. The lowest BCUT2D eigenvalue weighted by Crippen LogP contribution is -2.47. The Morgan fingerprint density at radius 3 is 2.25 bits per heavy atom. The van der Waals surface area contributed by atoms with E-state index in [1.165, 1.54) is 6.92 Å². The molecule has 3 N–H and O–H groups in total.